The number of carbonyl (C=O) groups is 2. The molecule has 0 fully saturated rings. The monoisotopic (exact) mass is 297 g/mol. The molecule has 3 N–H and O–H groups in total. The number of carbonyl (C=O) groups excluding carboxylic acids is 1. The van der Waals surface area contributed by atoms with E-state index >= 15 is 0 Å². The standard InChI is InChI=1S/C13H19N3O3S/c1-9(10-4-3-6-14-8-10)15-13(19)16-11(12(17)18)5-7-20-2/h3-4,6,8-9,11H,5,7H2,1-2H3,(H,17,18)(H2,15,16,19)/t9?,11-/m0/s1. The van der Waals surface area contributed by atoms with Crippen LogP contribution in [-0.2, 0) is 4.79 Å². The number of carboxylic acid groups (broad SMARTS) is 1. The van der Waals surface area contributed by atoms with E-state index in [1.807, 2.05) is 19.2 Å². The van der Waals surface area contributed by atoms with Crippen LogP contribution in [0.25, 0.3) is 0 Å². The molecule has 0 saturated heterocycles. The second-order valence-corrected chi connectivity index (χ2v) is 5.28. The molecule has 2 atom stereocenters. The zero-order valence-corrected chi connectivity index (χ0v) is 12.3. The lowest BCUT2D eigenvalue weighted by molar-refractivity contribution is -0.139. The van der Waals surface area contributed by atoms with Crippen molar-refractivity contribution < 1.29 is 14.7 Å². The minimum atomic E-state index is -1.02. The summed E-state index contributed by atoms with van der Waals surface area (Å²) >= 11 is 1.54. The number of amides is 2. The normalized spacial score (nSPS) is 13.3. The summed E-state index contributed by atoms with van der Waals surface area (Å²) < 4.78 is 0. The van der Waals surface area contributed by atoms with Gasteiger partial charge in [0.05, 0.1) is 6.04 Å². The Balaban J connectivity index is 2.51. The molecule has 0 bridgehead atoms. The number of aliphatic carboxylic acids is 1. The van der Waals surface area contributed by atoms with Crippen LogP contribution in [0.1, 0.15) is 24.9 Å². The topological polar surface area (TPSA) is 91.3 Å². The van der Waals surface area contributed by atoms with Gasteiger partial charge in [0.25, 0.3) is 0 Å². The van der Waals surface area contributed by atoms with Gasteiger partial charge in [-0.15, -0.1) is 0 Å². The molecular weight excluding hydrogens is 278 g/mol. The first-order valence-electron chi connectivity index (χ1n) is 6.23. The first-order chi connectivity index (χ1) is 9.54. The van der Waals surface area contributed by atoms with E-state index in [2.05, 4.69) is 15.6 Å². The van der Waals surface area contributed by atoms with Crippen molar-refractivity contribution in [1.29, 1.82) is 0 Å². The summed E-state index contributed by atoms with van der Waals surface area (Å²) in [6.07, 6.45) is 5.60. The number of rotatable bonds is 7. The fraction of sp³-hybridized carbons (Fsp3) is 0.462. The van der Waals surface area contributed by atoms with E-state index in [0.29, 0.717) is 12.2 Å². The third-order valence-electron chi connectivity index (χ3n) is 2.75. The number of aromatic nitrogens is 1. The lowest BCUT2D eigenvalue weighted by Crippen LogP contribution is -2.46. The van der Waals surface area contributed by atoms with Crippen LogP contribution in [0, 0.1) is 0 Å². The highest BCUT2D eigenvalue weighted by atomic mass is 32.2. The fourth-order valence-corrected chi connectivity index (χ4v) is 2.08. The Bertz CT molecular complexity index is 442. The SMILES string of the molecule is CSCC[C@H](NC(=O)NC(C)c1cccnc1)C(=O)O. The average Bonchev–Trinajstić information content (AvgIpc) is 2.44. The molecule has 1 rings (SSSR count). The van der Waals surface area contributed by atoms with Gasteiger partial charge in [-0.2, -0.15) is 11.8 Å². The zero-order valence-electron chi connectivity index (χ0n) is 11.5. The Kier molecular flexibility index (Phi) is 6.86. The van der Waals surface area contributed by atoms with Gasteiger partial charge in [-0.05, 0) is 37.0 Å². The van der Waals surface area contributed by atoms with Crippen LogP contribution in [0.2, 0.25) is 0 Å². The number of hydrogen-bond acceptors (Lipinski definition) is 4. The quantitative estimate of drug-likeness (QED) is 0.712. The number of pyridine rings is 1. The maximum absolute atomic E-state index is 11.8. The van der Waals surface area contributed by atoms with Gasteiger partial charge in [0.2, 0.25) is 0 Å². The smallest absolute Gasteiger partial charge is 0.326 e. The highest BCUT2D eigenvalue weighted by molar-refractivity contribution is 7.98. The number of nitrogens with one attached hydrogen (secondary N) is 2. The number of carboxylic acids is 1. The van der Waals surface area contributed by atoms with Crippen molar-refractivity contribution in [3.05, 3.63) is 30.1 Å². The van der Waals surface area contributed by atoms with E-state index < -0.39 is 18.0 Å². The summed E-state index contributed by atoms with van der Waals surface area (Å²) in [6.45, 7) is 1.81. The van der Waals surface area contributed by atoms with Crippen LogP contribution in [-0.4, -0.2) is 40.1 Å². The molecule has 0 aliphatic heterocycles. The largest absolute Gasteiger partial charge is 0.480 e. The fourth-order valence-electron chi connectivity index (χ4n) is 1.61. The molecule has 1 unspecified atom stereocenters. The van der Waals surface area contributed by atoms with Crippen molar-refractivity contribution in [2.45, 2.75) is 25.4 Å². The first-order valence-corrected chi connectivity index (χ1v) is 7.62. The maximum atomic E-state index is 11.8. The Morgan fingerprint density at radius 3 is 2.75 bits per heavy atom. The van der Waals surface area contributed by atoms with Crippen molar-refractivity contribution in [3.63, 3.8) is 0 Å². The molecule has 1 heterocycles. The molecule has 0 aromatic carbocycles. The maximum Gasteiger partial charge on any atom is 0.326 e. The molecule has 0 aliphatic carbocycles. The highest BCUT2D eigenvalue weighted by Crippen LogP contribution is 2.09. The van der Waals surface area contributed by atoms with Crippen LogP contribution in [0.4, 0.5) is 4.79 Å². The van der Waals surface area contributed by atoms with Crippen LogP contribution < -0.4 is 10.6 Å². The highest BCUT2D eigenvalue weighted by Gasteiger charge is 2.20. The minimum absolute atomic E-state index is 0.237. The summed E-state index contributed by atoms with van der Waals surface area (Å²) in [6, 6.07) is 2.03. The summed E-state index contributed by atoms with van der Waals surface area (Å²) in [5.41, 5.74) is 0.860. The molecule has 6 nitrogen and oxygen atoms in total. The molecule has 0 aliphatic rings. The lowest BCUT2D eigenvalue weighted by Gasteiger charge is -2.18. The van der Waals surface area contributed by atoms with Crippen molar-refractivity contribution in [2.75, 3.05) is 12.0 Å². The summed E-state index contributed by atoms with van der Waals surface area (Å²) in [4.78, 5) is 26.8. The Morgan fingerprint density at radius 1 is 1.45 bits per heavy atom. The Labute approximate surface area is 122 Å². The van der Waals surface area contributed by atoms with Gasteiger partial charge in [0.15, 0.2) is 0 Å². The third-order valence-corrected chi connectivity index (χ3v) is 3.39. The van der Waals surface area contributed by atoms with Gasteiger partial charge in [0.1, 0.15) is 6.04 Å². The zero-order chi connectivity index (χ0) is 15.0. The Morgan fingerprint density at radius 2 is 2.20 bits per heavy atom. The van der Waals surface area contributed by atoms with Crippen LogP contribution in [0.5, 0.6) is 0 Å². The van der Waals surface area contributed by atoms with Crippen molar-refractivity contribution in [2.24, 2.45) is 0 Å². The summed E-state index contributed by atoms with van der Waals surface area (Å²) in [7, 11) is 0. The van der Waals surface area contributed by atoms with Gasteiger partial charge in [-0.25, -0.2) is 9.59 Å². The third kappa shape index (κ3) is 5.48. The minimum Gasteiger partial charge on any atom is -0.480 e. The van der Waals surface area contributed by atoms with E-state index in [0.717, 1.165) is 5.56 Å². The molecule has 20 heavy (non-hydrogen) atoms. The number of hydrogen-bond donors (Lipinski definition) is 3. The molecule has 1 aromatic heterocycles. The lowest BCUT2D eigenvalue weighted by atomic mass is 10.1. The molecular formula is C13H19N3O3S. The summed E-state index contributed by atoms with van der Waals surface area (Å²) in [5.74, 6) is -0.349. The molecule has 7 heteroatoms. The van der Waals surface area contributed by atoms with Crippen molar-refractivity contribution in [3.8, 4) is 0 Å². The van der Waals surface area contributed by atoms with Gasteiger partial charge in [0, 0.05) is 12.4 Å². The van der Waals surface area contributed by atoms with Crippen LogP contribution >= 0.6 is 11.8 Å². The van der Waals surface area contributed by atoms with E-state index in [4.69, 9.17) is 5.11 Å². The van der Waals surface area contributed by atoms with Crippen molar-refractivity contribution >= 4 is 23.8 Å². The van der Waals surface area contributed by atoms with E-state index in [-0.39, 0.29) is 6.04 Å². The van der Waals surface area contributed by atoms with E-state index in [1.54, 1.807) is 30.2 Å². The number of nitrogens with zero attached hydrogens (tertiary/aromatic N) is 1. The van der Waals surface area contributed by atoms with Crippen molar-refractivity contribution in [1.82, 2.24) is 15.6 Å². The van der Waals surface area contributed by atoms with Gasteiger partial charge >= 0.3 is 12.0 Å². The number of thioether (sulfide) groups is 1. The predicted octanol–water partition coefficient (Wildman–Crippen LogP) is 1.65. The molecule has 2 amide bonds. The van der Waals surface area contributed by atoms with Crippen LogP contribution in [0.15, 0.2) is 24.5 Å². The first kappa shape index (κ1) is 16.3. The van der Waals surface area contributed by atoms with Crippen LogP contribution in [0.3, 0.4) is 0 Å². The second kappa shape index (κ2) is 8.42. The summed E-state index contributed by atoms with van der Waals surface area (Å²) in [5, 5.41) is 14.2. The molecule has 0 saturated carbocycles. The van der Waals surface area contributed by atoms with Gasteiger partial charge in [-0.3, -0.25) is 4.98 Å². The van der Waals surface area contributed by atoms with Gasteiger partial charge < -0.3 is 15.7 Å². The molecule has 110 valence electrons. The average molecular weight is 297 g/mol. The van der Waals surface area contributed by atoms with Gasteiger partial charge in [-0.1, -0.05) is 6.07 Å². The molecule has 0 radical (unpaired) electrons. The Hall–Kier alpha value is -1.76. The second-order valence-electron chi connectivity index (χ2n) is 4.30. The number of urea groups is 1. The van der Waals surface area contributed by atoms with E-state index in [1.165, 1.54) is 0 Å². The molecule has 0 spiro atoms. The van der Waals surface area contributed by atoms with E-state index in [9.17, 15) is 9.59 Å². The predicted molar refractivity (Wildman–Crippen MR) is 78.7 cm³/mol. The molecule has 1 aromatic rings.